The number of esters is 1. The van der Waals surface area contributed by atoms with Crippen LogP contribution < -0.4 is 5.32 Å². The highest BCUT2D eigenvalue weighted by molar-refractivity contribution is 5.88. The first-order valence-corrected chi connectivity index (χ1v) is 7.33. The lowest BCUT2D eigenvalue weighted by molar-refractivity contribution is -0.281. The Morgan fingerprint density at radius 1 is 1.33 bits per heavy atom. The number of likely N-dealkylation sites (N-methyl/N-ethyl adjacent to an activating group) is 1. The van der Waals surface area contributed by atoms with E-state index in [2.05, 4.69) is 10.2 Å². The summed E-state index contributed by atoms with van der Waals surface area (Å²) in [5.41, 5.74) is 0. The lowest BCUT2D eigenvalue weighted by Gasteiger charge is -2.41. The number of hydrogen-bond donors (Lipinski definition) is 1. The van der Waals surface area contributed by atoms with Gasteiger partial charge in [0.2, 0.25) is 5.91 Å². The third kappa shape index (κ3) is 4.39. The fraction of sp³-hybridized carbons (Fsp3) is 0.857. The summed E-state index contributed by atoms with van der Waals surface area (Å²) in [6, 6.07) is -1.05. The van der Waals surface area contributed by atoms with Crippen molar-refractivity contribution in [2.75, 3.05) is 27.9 Å². The summed E-state index contributed by atoms with van der Waals surface area (Å²) in [6.45, 7) is 2.17. The number of hydrogen-bond acceptors (Lipinski definition) is 6. The van der Waals surface area contributed by atoms with Crippen molar-refractivity contribution in [2.24, 2.45) is 0 Å². The molecule has 1 amide bonds. The maximum atomic E-state index is 12.7. The maximum absolute atomic E-state index is 12.7. The van der Waals surface area contributed by atoms with Gasteiger partial charge >= 0.3 is 5.97 Å². The second-order valence-corrected chi connectivity index (χ2v) is 5.07. The van der Waals surface area contributed by atoms with E-state index in [-0.39, 0.29) is 30.6 Å². The number of carbonyl (C=O) groups is 2. The molecule has 1 rings (SSSR count). The molecule has 1 aliphatic rings. The minimum Gasteiger partial charge on any atom is -0.467 e. The van der Waals surface area contributed by atoms with E-state index < -0.39 is 6.04 Å². The molecule has 0 bridgehead atoms. The molecule has 122 valence electrons. The largest absolute Gasteiger partial charge is 0.467 e. The molecule has 0 aliphatic carbocycles. The number of rotatable bonds is 7. The number of piperidine rings is 1. The van der Waals surface area contributed by atoms with Gasteiger partial charge in [-0.25, -0.2) is 14.6 Å². The number of methoxy groups -OCH3 is 1. The fourth-order valence-electron chi connectivity index (χ4n) is 2.77. The summed E-state index contributed by atoms with van der Waals surface area (Å²) in [7, 11) is 4.51. The monoisotopic (exact) mass is 302 g/mol. The van der Waals surface area contributed by atoms with Crippen molar-refractivity contribution < 1.29 is 24.1 Å². The summed E-state index contributed by atoms with van der Waals surface area (Å²) >= 11 is 0. The van der Waals surface area contributed by atoms with Crippen molar-refractivity contribution in [3.8, 4) is 0 Å². The second-order valence-electron chi connectivity index (χ2n) is 5.07. The van der Waals surface area contributed by atoms with Crippen LogP contribution in [0.3, 0.4) is 0 Å². The van der Waals surface area contributed by atoms with Gasteiger partial charge in [-0.3, -0.25) is 4.79 Å². The average Bonchev–Trinajstić information content (AvgIpc) is 2.52. The standard InChI is InChI=1S/C14H26N2O5/c1-5-11(15-2)13(17)16-10(9-21-20-4)7-6-8-12(16)14(18)19-3/h10-12,15H,5-9H2,1-4H3. The zero-order valence-corrected chi connectivity index (χ0v) is 13.3. The van der Waals surface area contributed by atoms with E-state index in [0.717, 1.165) is 12.8 Å². The zero-order chi connectivity index (χ0) is 15.8. The van der Waals surface area contributed by atoms with Gasteiger partial charge in [0.15, 0.2) is 0 Å². The Bertz CT molecular complexity index is 346. The van der Waals surface area contributed by atoms with Gasteiger partial charge in [0.25, 0.3) is 0 Å². The Morgan fingerprint density at radius 3 is 2.57 bits per heavy atom. The van der Waals surface area contributed by atoms with E-state index in [4.69, 9.17) is 9.62 Å². The highest BCUT2D eigenvalue weighted by Gasteiger charge is 2.40. The molecule has 0 spiro atoms. The van der Waals surface area contributed by atoms with Crippen LogP contribution in [0.1, 0.15) is 32.6 Å². The van der Waals surface area contributed by atoms with E-state index >= 15 is 0 Å². The third-order valence-electron chi connectivity index (χ3n) is 3.90. The SMILES string of the molecule is CCC(NC)C(=O)N1C(COOC)CCCC1C(=O)OC. The molecule has 0 aromatic carbocycles. The van der Waals surface area contributed by atoms with Gasteiger partial charge in [0.05, 0.1) is 26.3 Å². The van der Waals surface area contributed by atoms with Crippen LogP contribution in [0.15, 0.2) is 0 Å². The maximum Gasteiger partial charge on any atom is 0.328 e. The van der Waals surface area contributed by atoms with Crippen LogP contribution in [0.25, 0.3) is 0 Å². The summed E-state index contributed by atoms with van der Waals surface area (Å²) in [4.78, 5) is 36.0. The Labute approximate surface area is 125 Å². The first kappa shape index (κ1) is 17.9. The van der Waals surface area contributed by atoms with E-state index in [1.807, 2.05) is 6.92 Å². The van der Waals surface area contributed by atoms with Crippen molar-refractivity contribution in [3.63, 3.8) is 0 Å². The molecule has 21 heavy (non-hydrogen) atoms. The predicted molar refractivity (Wildman–Crippen MR) is 76.4 cm³/mol. The molecular formula is C14H26N2O5. The van der Waals surface area contributed by atoms with Gasteiger partial charge in [-0.15, -0.1) is 0 Å². The van der Waals surface area contributed by atoms with Crippen molar-refractivity contribution in [2.45, 2.75) is 50.7 Å². The molecule has 1 saturated heterocycles. The quantitative estimate of drug-likeness (QED) is 0.419. The number of ether oxygens (including phenoxy) is 1. The topological polar surface area (TPSA) is 77.1 Å². The summed E-state index contributed by atoms with van der Waals surface area (Å²) in [5, 5.41) is 2.99. The van der Waals surface area contributed by atoms with E-state index in [1.54, 1.807) is 11.9 Å². The number of carbonyl (C=O) groups excluding carboxylic acids is 2. The average molecular weight is 302 g/mol. The molecule has 3 unspecified atom stereocenters. The first-order valence-electron chi connectivity index (χ1n) is 7.33. The number of likely N-dealkylation sites (tertiary alicyclic amines) is 1. The van der Waals surface area contributed by atoms with E-state index in [1.165, 1.54) is 14.2 Å². The van der Waals surface area contributed by atoms with Crippen molar-refractivity contribution in [3.05, 3.63) is 0 Å². The van der Waals surface area contributed by atoms with Crippen molar-refractivity contribution >= 4 is 11.9 Å². The predicted octanol–water partition coefficient (Wildman–Crippen LogP) is 0.485. The van der Waals surface area contributed by atoms with Crippen LogP contribution in [0.4, 0.5) is 0 Å². The normalized spacial score (nSPS) is 23.7. The molecule has 0 aromatic heterocycles. The molecule has 1 fully saturated rings. The molecular weight excluding hydrogens is 276 g/mol. The van der Waals surface area contributed by atoms with Gasteiger partial charge in [-0.2, -0.15) is 0 Å². The van der Waals surface area contributed by atoms with Gasteiger partial charge in [-0.1, -0.05) is 6.92 Å². The van der Waals surface area contributed by atoms with Crippen LogP contribution >= 0.6 is 0 Å². The lowest BCUT2D eigenvalue weighted by Crippen LogP contribution is -2.59. The van der Waals surface area contributed by atoms with Crippen LogP contribution in [-0.4, -0.2) is 62.8 Å². The van der Waals surface area contributed by atoms with Crippen molar-refractivity contribution in [1.82, 2.24) is 10.2 Å². The smallest absolute Gasteiger partial charge is 0.328 e. The first-order chi connectivity index (χ1) is 10.1. The number of nitrogens with zero attached hydrogens (tertiary/aromatic N) is 1. The fourth-order valence-corrected chi connectivity index (χ4v) is 2.77. The number of nitrogens with one attached hydrogen (secondary N) is 1. The van der Waals surface area contributed by atoms with Crippen LogP contribution in [0.5, 0.6) is 0 Å². The Kier molecular flexibility index (Phi) is 7.63. The second kappa shape index (κ2) is 8.96. The number of amides is 1. The molecule has 0 saturated carbocycles. The molecule has 7 nitrogen and oxygen atoms in total. The molecule has 0 aromatic rings. The highest BCUT2D eigenvalue weighted by atomic mass is 17.2. The van der Waals surface area contributed by atoms with Gasteiger partial charge in [-0.05, 0) is 32.7 Å². The highest BCUT2D eigenvalue weighted by Crippen LogP contribution is 2.25. The van der Waals surface area contributed by atoms with Crippen LogP contribution in [-0.2, 0) is 24.1 Å². The third-order valence-corrected chi connectivity index (χ3v) is 3.90. The molecule has 1 heterocycles. The van der Waals surface area contributed by atoms with Gasteiger partial charge in [0, 0.05) is 0 Å². The molecule has 1 N–H and O–H groups in total. The minimum atomic E-state index is -0.552. The Balaban J connectivity index is 2.97. The minimum absolute atomic E-state index is 0.0974. The molecule has 3 atom stereocenters. The van der Waals surface area contributed by atoms with Crippen LogP contribution in [0, 0.1) is 0 Å². The van der Waals surface area contributed by atoms with Gasteiger partial charge in [0.1, 0.15) is 12.6 Å². The summed E-state index contributed by atoms with van der Waals surface area (Å²) in [6.07, 6.45) is 2.89. The van der Waals surface area contributed by atoms with Gasteiger partial charge < -0.3 is 15.0 Å². The van der Waals surface area contributed by atoms with E-state index in [0.29, 0.717) is 12.8 Å². The summed E-state index contributed by atoms with van der Waals surface area (Å²) in [5.74, 6) is -0.476. The molecule has 7 heteroatoms. The van der Waals surface area contributed by atoms with Crippen LogP contribution in [0.2, 0.25) is 0 Å². The van der Waals surface area contributed by atoms with Crippen molar-refractivity contribution in [1.29, 1.82) is 0 Å². The van der Waals surface area contributed by atoms with E-state index in [9.17, 15) is 9.59 Å². The lowest BCUT2D eigenvalue weighted by atomic mass is 9.94. The Hall–Kier alpha value is -1.18. The summed E-state index contributed by atoms with van der Waals surface area (Å²) < 4.78 is 4.84. The zero-order valence-electron chi connectivity index (χ0n) is 13.3. The molecule has 0 radical (unpaired) electrons. The molecule has 1 aliphatic heterocycles. The Morgan fingerprint density at radius 2 is 2.05 bits per heavy atom.